The fourth-order valence-corrected chi connectivity index (χ4v) is 3.24. The van der Waals surface area contributed by atoms with E-state index in [4.69, 9.17) is 15.2 Å². The first-order chi connectivity index (χ1) is 15.5. The van der Waals surface area contributed by atoms with Crippen LogP contribution in [0, 0.1) is 11.6 Å². The number of hydrogen-bond acceptors (Lipinski definition) is 4. The van der Waals surface area contributed by atoms with Crippen molar-refractivity contribution in [2.45, 2.75) is 19.3 Å². The first kappa shape index (κ1) is 23.4. The van der Waals surface area contributed by atoms with E-state index >= 15 is 0 Å². The number of halogens is 2. The Morgan fingerprint density at radius 3 is 2.34 bits per heavy atom. The Morgan fingerprint density at radius 2 is 1.62 bits per heavy atom. The van der Waals surface area contributed by atoms with Crippen molar-refractivity contribution < 1.29 is 23.0 Å². The lowest BCUT2D eigenvalue weighted by Crippen LogP contribution is -2.27. The van der Waals surface area contributed by atoms with Crippen molar-refractivity contribution in [2.75, 3.05) is 17.5 Å². The quantitative estimate of drug-likeness (QED) is 0.290. The molecule has 0 aliphatic carbocycles. The molecule has 0 radical (unpaired) electrons. The number of nitrogens with two attached hydrogens (primary N) is 1. The molecular formula is C24H24F2N2O3S. The van der Waals surface area contributed by atoms with Crippen LogP contribution >= 0.6 is 12.8 Å². The number of benzene rings is 3. The van der Waals surface area contributed by atoms with Gasteiger partial charge in [0.2, 0.25) is 0 Å². The van der Waals surface area contributed by atoms with Gasteiger partial charge in [0.05, 0.1) is 18.9 Å². The number of amides is 2. The van der Waals surface area contributed by atoms with Gasteiger partial charge in [-0.3, -0.25) is 0 Å². The Kier molecular flexibility index (Phi) is 8.33. The minimum atomic E-state index is -0.721. The third-order valence-corrected chi connectivity index (χ3v) is 5.10. The number of anilines is 1. The second-order valence-corrected chi connectivity index (χ2v) is 7.44. The second kappa shape index (κ2) is 11.4. The number of ether oxygens (including phenoxy) is 2. The highest BCUT2D eigenvalue weighted by Gasteiger charge is 2.14. The number of thiol groups is 1. The number of nitrogens with zero attached hydrogens (tertiary/aromatic N) is 1. The van der Waals surface area contributed by atoms with Crippen molar-refractivity contribution in [3.63, 3.8) is 0 Å². The highest BCUT2D eigenvalue weighted by molar-refractivity contribution is 7.82. The summed E-state index contributed by atoms with van der Waals surface area (Å²) in [6.07, 6.45) is 2.23. The van der Waals surface area contributed by atoms with Crippen LogP contribution in [0.5, 0.6) is 11.5 Å². The average molecular weight is 459 g/mol. The molecule has 0 fully saturated rings. The van der Waals surface area contributed by atoms with E-state index in [0.29, 0.717) is 42.2 Å². The molecule has 0 spiro atoms. The number of carbonyl (C=O) groups is 1. The average Bonchev–Trinajstić information content (AvgIpc) is 2.79. The first-order valence-electron chi connectivity index (χ1n) is 10.1. The van der Waals surface area contributed by atoms with Crippen LogP contribution in [0.25, 0.3) is 11.1 Å². The van der Waals surface area contributed by atoms with Gasteiger partial charge in [0.1, 0.15) is 11.6 Å². The van der Waals surface area contributed by atoms with E-state index in [1.54, 1.807) is 48.5 Å². The van der Waals surface area contributed by atoms with Gasteiger partial charge < -0.3 is 15.2 Å². The van der Waals surface area contributed by atoms with Gasteiger partial charge in [0.15, 0.2) is 11.6 Å². The van der Waals surface area contributed by atoms with Crippen LogP contribution < -0.4 is 19.5 Å². The number of hydrogen-bond donors (Lipinski definition) is 2. The molecule has 3 aromatic carbocycles. The lowest BCUT2D eigenvalue weighted by atomic mass is 10.0. The van der Waals surface area contributed by atoms with Gasteiger partial charge in [0, 0.05) is 17.7 Å². The lowest BCUT2D eigenvalue weighted by Gasteiger charge is -2.14. The monoisotopic (exact) mass is 458 g/mol. The predicted octanol–water partition coefficient (Wildman–Crippen LogP) is 5.99. The zero-order valence-corrected chi connectivity index (χ0v) is 18.2. The molecule has 0 aliphatic rings. The number of carbonyl (C=O) groups excluding carboxylic acids is 1. The zero-order chi connectivity index (χ0) is 22.9. The molecule has 0 heterocycles. The molecule has 3 rings (SSSR count). The molecule has 3 aromatic rings. The fraction of sp³-hybridized carbons (Fsp3) is 0.208. The summed E-state index contributed by atoms with van der Waals surface area (Å²) in [6, 6.07) is 17.3. The van der Waals surface area contributed by atoms with Crippen LogP contribution in [0.4, 0.5) is 19.3 Å². The maximum absolute atomic E-state index is 14.3. The second-order valence-electron chi connectivity index (χ2n) is 7.04. The minimum absolute atomic E-state index is 0.0522. The largest absolute Gasteiger partial charge is 0.494 e. The molecule has 0 aliphatic heterocycles. The molecule has 2 N–H and O–H groups in total. The highest BCUT2D eigenvalue weighted by atomic mass is 32.1. The third-order valence-electron chi connectivity index (χ3n) is 4.67. The Morgan fingerprint density at radius 1 is 0.906 bits per heavy atom. The van der Waals surface area contributed by atoms with E-state index < -0.39 is 17.7 Å². The molecule has 5 nitrogen and oxygen atoms in total. The molecule has 0 atom stereocenters. The summed E-state index contributed by atoms with van der Waals surface area (Å²) in [7, 11) is 0. The maximum atomic E-state index is 14.3. The first-order valence-corrected chi connectivity index (χ1v) is 10.5. The van der Waals surface area contributed by atoms with Gasteiger partial charge in [-0.15, -0.1) is 0 Å². The predicted molar refractivity (Wildman–Crippen MR) is 124 cm³/mol. The molecule has 0 aromatic heterocycles. The van der Waals surface area contributed by atoms with Gasteiger partial charge >= 0.3 is 6.03 Å². The molecule has 168 valence electrons. The van der Waals surface area contributed by atoms with Gasteiger partial charge in [-0.25, -0.2) is 17.9 Å². The molecule has 0 unspecified atom stereocenters. The van der Waals surface area contributed by atoms with E-state index in [2.05, 4.69) is 12.8 Å². The van der Waals surface area contributed by atoms with Crippen molar-refractivity contribution in [3.05, 3.63) is 78.4 Å². The topological polar surface area (TPSA) is 64.8 Å². The summed E-state index contributed by atoms with van der Waals surface area (Å²) >= 11 is 4.02. The summed E-state index contributed by atoms with van der Waals surface area (Å²) in [5.41, 5.74) is 6.80. The SMILES string of the molecule is NC(=O)N(S)c1cccc(OCCCCCOc2c(F)cc(F)cc2-c2ccccc2)c1. The van der Waals surface area contributed by atoms with Crippen LogP contribution in [0.3, 0.4) is 0 Å². The van der Waals surface area contributed by atoms with E-state index in [9.17, 15) is 13.6 Å². The smallest absolute Gasteiger partial charge is 0.329 e. The van der Waals surface area contributed by atoms with E-state index in [1.165, 1.54) is 6.07 Å². The maximum Gasteiger partial charge on any atom is 0.329 e. The summed E-state index contributed by atoms with van der Waals surface area (Å²) in [5.74, 6) is -0.718. The van der Waals surface area contributed by atoms with Crippen LogP contribution in [0.2, 0.25) is 0 Å². The van der Waals surface area contributed by atoms with Crippen molar-refractivity contribution in [1.29, 1.82) is 0 Å². The molecule has 2 amide bonds. The standard InChI is InChI=1S/C24H24F2N2O3S/c25-18-14-21(17-8-3-1-4-9-17)23(22(26)15-18)31-13-6-2-5-12-30-20-11-7-10-19(16-20)28(32)24(27)29/h1,3-4,7-11,14-16,32H,2,5-6,12-13H2,(H2,27,29). The summed E-state index contributed by atoms with van der Waals surface area (Å²) in [4.78, 5) is 11.2. The number of primary amides is 1. The van der Waals surface area contributed by atoms with Crippen molar-refractivity contribution in [3.8, 4) is 22.6 Å². The third kappa shape index (κ3) is 6.37. The summed E-state index contributed by atoms with van der Waals surface area (Å²) in [5, 5.41) is 0. The highest BCUT2D eigenvalue weighted by Crippen LogP contribution is 2.33. The Hall–Kier alpha value is -3.26. The summed E-state index contributed by atoms with van der Waals surface area (Å²) < 4.78 is 40.5. The van der Waals surface area contributed by atoms with Crippen molar-refractivity contribution in [2.24, 2.45) is 5.73 Å². The lowest BCUT2D eigenvalue weighted by molar-refractivity contribution is 0.257. The Bertz CT molecular complexity index is 1050. The number of rotatable bonds is 10. The molecule has 32 heavy (non-hydrogen) atoms. The van der Waals surface area contributed by atoms with Crippen LogP contribution in [0.1, 0.15) is 19.3 Å². The molecular weight excluding hydrogens is 434 g/mol. The minimum Gasteiger partial charge on any atom is -0.494 e. The Labute approximate surface area is 191 Å². The van der Waals surface area contributed by atoms with E-state index in [-0.39, 0.29) is 5.75 Å². The van der Waals surface area contributed by atoms with E-state index in [0.717, 1.165) is 23.2 Å². The summed E-state index contributed by atoms with van der Waals surface area (Å²) in [6.45, 7) is 0.762. The molecule has 0 saturated carbocycles. The fourth-order valence-electron chi connectivity index (χ4n) is 3.12. The zero-order valence-electron chi connectivity index (χ0n) is 17.3. The normalized spacial score (nSPS) is 10.6. The van der Waals surface area contributed by atoms with Gasteiger partial charge in [-0.1, -0.05) is 49.2 Å². The van der Waals surface area contributed by atoms with Gasteiger partial charge in [-0.05, 0) is 43.0 Å². The number of urea groups is 1. The van der Waals surface area contributed by atoms with Crippen LogP contribution in [-0.2, 0) is 0 Å². The number of unbranched alkanes of at least 4 members (excludes halogenated alkanes) is 2. The Balaban J connectivity index is 1.46. The van der Waals surface area contributed by atoms with Crippen LogP contribution in [-0.4, -0.2) is 19.2 Å². The van der Waals surface area contributed by atoms with Crippen molar-refractivity contribution in [1.82, 2.24) is 0 Å². The van der Waals surface area contributed by atoms with E-state index in [1.807, 2.05) is 6.07 Å². The van der Waals surface area contributed by atoms with Crippen LogP contribution in [0.15, 0.2) is 66.7 Å². The molecule has 0 saturated heterocycles. The molecule has 8 heteroatoms. The van der Waals surface area contributed by atoms with Gasteiger partial charge in [-0.2, -0.15) is 0 Å². The van der Waals surface area contributed by atoms with Crippen molar-refractivity contribution >= 4 is 24.5 Å². The molecule has 0 bridgehead atoms. The van der Waals surface area contributed by atoms with Gasteiger partial charge in [0.25, 0.3) is 0 Å².